The van der Waals surface area contributed by atoms with Crippen molar-refractivity contribution >= 4 is 40.5 Å². The van der Waals surface area contributed by atoms with E-state index in [2.05, 4.69) is 9.88 Å². The summed E-state index contributed by atoms with van der Waals surface area (Å²) in [4.78, 5) is 19.5. The van der Waals surface area contributed by atoms with Crippen molar-refractivity contribution in [3.05, 3.63) is 66.4 Å². The van der Waals surface area contributed by atoms with Gasteiger partial charge < -0.3 is 16.4 Å². The van der Waals surface area contributed by atoms with Crippen LogP contribution in [-0.2, 0) is 0 Å². The van der Waals surface area contributed by atoms with Gasteiger partial charge in [0.1, 0.15) is 17.5 Å². The Morgan fingerprint density at radius 1 is 1.06 bits per heavy atom. The number of aromatic nitrogens is 1. The average Bonchev–Trinajstić information content (AvgIpc) is 2.88. The van der Waals surface area contributed by atoms with Crippen LogP contribution in [0.3, 0.4) is 0 Å². The molecule has 0 saturated carbocycles. The third-order valence-electron chi connectivity index (χ3n) is 5.59. The Kier molecular flexibility index (Phi) is 5.36. The molecule has 0 bridgehead atoms. The summed E-state index contributed by atoms with van der Waals surface area (Å²) in [7, 11) is 0. The number of hydrogen-bond donors (Lipinski definition) is 4. The SMILES string of the molecule is CC(=N)N1C(=N)C(C)CN(c2ccc(C(N)=O)cc2)c2cc(-c3ccc(N)nc3)ccc21. The molecule has 2 heterocycles. The fourth-order valence-electron chi connectivity index (χ4n) is 3.90. The number of carbonyl (C=O) groups excluding carboxylic acids is 1. The lowest BCUT2D eigenvalue weighted by atomic mass is 10.0. The van der Waals surface area contributed by atoms with E-state index in [0.717, 1.165) is 28.2 Å². The van der Waals surface area contributed by atoms with Gasteiger partial charge in [0.25, 0.3) is 0 Å². The Bertz CT molecular complexity index is 1200. The average molecular weight is 428 g/mol. The molecular weight excluding hydrogens is 402 g/mol. The second kappa shape index (κ2) is 8.14. The number of nitrogens with two attached hydrogens (primary N) is 2. The molecule has 0 spiro atoms. The molecule has 6 N–H and O–H groups in total. The van der Waals surface area contributed by atoms with Crippen molar-refractivity contribution in [2.75, 3.05) is 22.1 Å². The molecule has 32 heavy (non-hydrogen) atoms. The first-order valence-electron chi connectivity index (χ1n) is 10.2. The quantitative estimate of drug-likeness (QED) is 0.370. The van der Waals surface area contributed by atoms with Crippen molar-refractivity contribution in [1.82, 2.24) is 4.98 Å². The van der Waals surface area contributed by atoms with E-state index in [1.807, 2.05) is 43.3 Å². The van der Waals surface area contributed by atoms with Crippen LogP contribution in [0, 0.1) is 16.7 Å². The fraction of sp³-hybridized carbons (Fsp3) is 0.167. The molecule has 2 aromatic carbocycles. The molecule has 8 heteroatoms. The molecule has 4 rings (SSSR count). The highest BCUT2D eigenvalue weighted by Crippen LogP contribution is 2.41. The minimum absolute atomic E-state index is 0.139. The molecule has 1 aromatic heterocycles. The summed E-state index contributed by atoms with van der Waals surface area (Å²) < 4.78 is 0. The molecule has 3 aromatic rings. The Balaban J connectivity index is 1.90. The van der Waals surface area contributed by atoms with Crippen LogP contribution >= 0.6 is 0 Å². The van der Waals surface area contributed by atoms with E-state index in [-0.39, 0.29) is 11.8 Å². The summed E-state index contributed by atoms with van der Waals surface area (Å²) in [6.07, 6.45) is 1.73. The van der Waals surface area contributed by atoms with Crippen LogP contribution in [0.1, 0.15) is 24.2 Å². The van der Waals surface area contributed by atoms with Gasteiger partial charge in [0, 0.05) is 35.5 Å². The highest BCUT2D eigenvalue weighted by atomic mass is 16.1. The number of fused-ring (bicyclic) bond motifs is 1. The summed E-state index contributed by atoms with van der Waals surface area (Å²) in [5.74, 6) is 0.465. The van der Waals surface area contributed by atoms with Gasteiger partial charge in [0.05, 0.1) is 11.4 Å². The number of nitrogen functional groups attached to an aromatic ring is 1. The lowest BCUT2D eigenvalue weighted by Gasteiger charge is -2.28. The van der Waals surface area contributed by atoms with Crippen LogP contribution in [0.5, 0.6) is 0 Å². The maximum absolute atomic E-state index is 11.5. The molecule has 8 nitrogen and oxygen atoms in total. The van der Waals surface area contributed by atoms with Crippen LogP contribution in [0.4, 0.5) is 22.9 Å². The Morgan fingerprint density at radius 3 is 2.34 bits per heavy atom. The summed E-state index contributed by atoms with van der Waals surface area (Å²) in [6.45, 7) is 4.19. The maximum atomic E-state index is 11.5. The zero-order chi connectivity index (χ0) is 23.0. The smallest absolute Gasteiger partial charge is 0.248 e. The van der Waals surface area contributed by atoms with E-state index in [1.165, 1.54) is 0 Å². The minimum Gasteiger partial charge on any atom is -0.384 e. The van der Waals surface area contributed by atoms with Crippen LogP contribution in [0.2, 0.25) is 0 Å². The molecule has 1 unspecified atom stereocenters. The van der Waals surface area contributed by atoms with Crippen molar-refractivity contribution in [1.29, 1.82) is 10.8 Å². The summed E-state index contributed by atoms with van der Waals surface area (Å²) in [5, 5.41) is 17.0. The highest BCUT2D eigenvalue weighted by molar-refractivity contribution is 6.19. The minimum atomic E-state index is -0.480. The molecule has 1 aliphatic heterocycles. The highest BCUT2D eigenvalue weighted by Gasteiger charge is 2.31. The van der Waals surface area contributed by atoms with Gasteiger partial charge in [-0.25, -0.2) is 4.98 Å². The maximum Gasteiger partial charge on any atom is 0.248 e. The predicted octanol–water partition coefficient (Wildman–Crippen LogP) is 4.00. The largest absolute Gasteiger partial charge is 0.384 e. The van der Waals surface area contributed by atoms with Crippen molar-refractivity contribution < 1.29 is 4.79 Å². The molecule has 1 aliphatic rings. The first-order valence-corrected chi connectivity index (χ1v) is 10.2. The molecule has 0 fully saturated rings. The monoisotopic (exact) mass is 427 g/mol. The number of carbonyl (C=O) groups is 1. The van der Waals surface area contributed by atoms with Gasteiger partial charge in [-0.3, -0.25) is 20.5 Å². The molecule has 0 radical (unpaired) electrons. The summed E-state index contributed by atoms with van der Waals surface area (Å²) in [6, 6.07) is 16.7. The number of amidine groups is 2. The predicted molar refractivity (Wildman–Crippen MR) is 129 cm³/mol. The number of pyridine rings is 1. The number of hydrogen-bond acceptors (Lipinski definition) is 6. The van der Waals surface area contributed by atoms with Crippen molar-refractivity contribution in [2.24, 2.45) is 11.7 Å². The fourth-order valence-corrected chi connectivity index (χ4v) is 3.90. The van der Waals surface area contributed by atoms with Gasteiger partial charge in [0.2, 0.25) is 5.91 Å². The standard InChI is InChI=1S/C24H25N7O/c1-14-13-30(19-7-3-16(4-8-19)24(28)32)21-11-17(18-6-10-22(26)29-12-18)5-9-20(21)31(15(2)25)23(14)27/h3-12,14,25,27H,13H2,1-2H3,(H2,26,29)(H2,28,32). The van der Waals surface area contributed by atoms with Crippen molar-refractivity contribution in [2.45, 2.75) is 13.8 Å². The van der Waals surface area contributed by atoms with Crippen LogP contribution in [-0.4, -0.2) is 29.1 Å². The van der Waals surface area contributed by atoms with Crippen LogP contribution in [0.15, 0.2) is 60.8 Å². The van der Waals surface area contributed by atoms with Crippen molar-refractivity contribution in [3.8, 4) is 11.1 Å². The van der Waals surface area contributed by atoms with Gasteiger partial charge in [0.15, 0.2) is 0 Å². The molecule has 1 atom stereocenters. The molecule has 0 saturated heterocycles. The van der Waals surface area contributed by atoms with Crippen LogP contribution < -0.4 is 21.3 Å². The number of amides is 1. The summed E-state index contributed by atoms with van der Waals surface area (Å²) >= 11 is 0. The topological polar surface area (TPSA) is 136 Å². The number of benzene rings is 2. The van der Waals surface area contributed by atoms with Gasteiger partial charge in [-0.15, -0.1) is 0 Å². The molecule has 1 amide bonds. The second-order valence-electron chi connectivity index (χ2n) is 7.90. The molecular formula is C24H25N7O. The van der Waals surface area contributed by atoms with Gasteiger partial charge >= 0.3 is 0 Å². The lowest BCUT2D eigenvalue weighted by molar-refractivity contribution is 0.100. The zero-order valence-electron chi connectivity index (χ0n) is 18.0. The van der Waals surface area contributed by atoms with E-state index in [0.29, 0.717) is 23.8 Å². The number of nitrogens with one attached hydrogen (secondary N) is 2. The third-order valence-corrected chi connectivity index (χ3v) is 5.59. The second-order valence-corrected chi connectivity index (χ2v) is 7.90. The van der Waals surface area contributed by atoms with E-state index in [1.54, 1.807) is 36.2 Å². The van der Waals surface area contributed by atoms with E-state index < -0.39 is 5.91 Å². The van der Waals surface area contributed by atoms with Crippen molar-refractivity contribution in [3.63, 3.8) is 0 Å². The third kappa shape index (κ3) is 3.78. The van der Waals surface area contributed by atoms with E-state index in [4.69, 9.17) is 22.3 Å². The number of nitrogens with zero attached hydrogens (tertiary/aromatic N) is 3. The number of anilines is 4. The Hall–Kier alpha value is -4.20. The molecule has 162 valence electrons. The van der Waals surface area contributed by atoms with Gasteiger partial charge in [-0.2, -0.15) is 0 Å². The lowest BCUT2D eigenvalue weighted by Crippen LogP contribution is -2.38. The first kappa shape index (κ1) is 21.0. The van der Waals surface area contributed by atoms with Gasteiger partial charge in [-0.1, -0.05) is 13.0 Å². The van der Waals surface area contributed by atoms with E-state index >= 15 is 0 Å². The first-order chi connectivity index (χ1) is 15.3. The molecule has 0 aliphatic carbocycles. The van der Waals surface area contributed by atoms with Crippen LogP contribution in [0.25, 0.3) is 11.1 Å². The number of primary amides is 1. The van der Waals surface area contributed by atoms with Gasteiger partial charge in [-0.05, 0) is 61.0 Å². The summed E-state index contributed by atoms with van der Waals surface area (Å²) in [5.41, 5.74) is 15.9. The number of rotatable bonds is 3. The van der Waals surface area contributed by atoms with E-state index in [9.17, 15) is 4.79 Å². The normalized spacial score (nSPS) is 15.8. The zero-order valence-corrected chi connectivity index (χ0v) is 18.0. The Morgan fingerprint density at radius 2 is 1.75 bits per heavy atom. The Labute approximate surface area is 186 Å².